The first kappa shape index (κ1) is 17.9. The van der Waals surface area contributed by atoms with Crippen LogP contribution in [-0.4, -0.2) is 52.3 Å². The summed E-state index contributed by atoms with van der Waals surface area (Å²) in [6, 6.07) is 5.91. The maximum Gasteiger partial charge on any atom is 0.261 e. The van der Waals surface area contributed by atoms with Gasteiger partial charge >= 0.3 is 0 Å². The molecule has 150 valence electrons. The van der Waals surface area contributed by atoms with Crippen LogP contribution in [0.4, 0.5) is 11.4 Å². The SMILES string of the molecule is CC1(C)Cc2cc(NC(=O)c3cnn4cccnc34)c(N3CCNCC3)cc2O1. The summed E-state index contributed by atoms with van der Waals surface area (Å²) in [4.78, 5) is 19.7. The van der Waals surface area contributed by atoms with E-state index in [0.29, 0.717) is 11.2 Å². The number of hydrogen-bond donors (Lipinski definition) is 2. The minimum Gasteiger partial charge on any atom is -0.487 e. The molecular formula is C21H24N6O2. The number of anilines is 2. The van der Waals surface area contributed by atoms with E-state index in [-0.39, 0.29) is 11.5 Å². The fourth-order valence-corrected chi connectivity index (χ4v) is 4.08. The second-order valence-electron chi connectivity index (χ2n) is 8.15. The molecule has 29 heavy (non-hydrogen) atoms. The lowest BCUT2D eigenvalue weighted by molar-refractivity contribution is 0.102. The van der Waals surface area contributed by atoms with Crippen molar-refractivity contribution >= 4 is 22.9 Å². The van der Waals surface area contributed by atoms with Crippen LogP contribution in [0.25, 0.3) is 5.65 Å². The molecule has 0 aliphatic carbocycles. The summed E-state index contributed by atoms with van der Waals surface area (Å²) in [6.45, 7) is 7.75. The molecule has 0 radical (unpaired) electrons. The molecule has 5 rings (SSSR count). The molecule has 3 aromatic rings. The number of ether oxygens (including phenoxy) is 1. The molecule has 0 spiro atoms. The fraction of sp³-hybridized carbons (Fsp3) is 0.381. The van der Waals surface area contributed by atoms with E-state index in [1.165, 1.54) is 0 Å². The number of benzene rings is 1. The fourth-order valence-electron chi connectivity index (χ4n) is 4.08. The van der Waals surface area contributed by atoms with Crippen LogP contribution in [-0.2, 0) is 6.42 Å². The molecule has 1 fully saturated rings. The summed E-state index contributed by atoms with van der Waals surface area (Å²) in [5.74, 6) is 0.687. The summed E-state index contributed by atoms with van der Waals surface area (Å²) < 4.78 is 7.74. The Morgan fingerprint density at radius 3 is 2.93 bits per heavy atom. The van der Waals surface area contributed by atoms with Gasteiger partial charge in [-0.25, -0.2) is 9.50 Å². The van der Waals surface area contributed by atoms with E-state index in [2.05, 4.69) is 51.6 Å². The number of piperazine rings is 1. The topological polar surface area (TPSA) is 83.8 Å². The van der Waals surface area contributed by atoms with Crippen LogP contribution in [0, 0.1) is 0 Å². The molecule has 2 aromatic heterocycles. The number of hydrogen-bond acceptors (Lipinski definition) is 6. The van der Waals surface area contributed by atoms with Crippen molar-refractivity contribution < 1.29 is 9.53 Å². The average molecular weight is 392 g/mol. The third kappa shape index (κ3) is 3.29. The van der Waals surface area contributed by atoms with E-state index in [0.717, 1.165) is 55.3 Å². The summed E-state index contributed by atoms with van der Waals surface area (Å²) in [5.41, 5.74) is 3.65. The molecule has 2 aliphatic heterocycles. The number of fused-ring (bicyclic) bond motifs is 2. The van der Waals surface area contributed by atoms with E-state index in [4.69, 9.17) is 4.74 Å². The van der Waals surface area contributed by atoms with Crippen molar-refractivity contribution in [2.75, 3.05) is 36.4 Å². The predicted molar refractivity (Wildman–Crippen MR) is 111 cm³/mol. The Hall–Kier alpha value is -3.13. The van der Waals surface area contributed by atoms with Crippen molar-refractivity contribution in [3.8, 4) is 5.75 Å². The Labute approximate surface area is 168 Å². The van der Waals surface area contributed by atoms with Crippen molar-refractivity contribution in [2.24, 2.45) is 0 Å². The van der Waals surface area contributed by atoms with E-state index in [1.807, 2.05) is 0 Å². The average Bonchev–Trinajstić information content (AvgIpc) is 3.27. The molecule has 1 aromatic carbocycles. The normalized spacial score (nSPS) is 17.8. The molecule has 2 aliphatic rings. The third-order valence-electron chi connectivity index (χ3n) is 5.41. The first-order valence-corrected chi connectivity index (χ1v) is 9.91. The van der Waals surface area contributed by atoms with Gasteiger partial charge in [-0.15, -0.1) is 0 Å². The molecule has 4 heterocycles. The molecule has 0 atom stereocenters. The van der Waals surface area contributed by atoms with Gasteiger partial charge in [0.2, 0.25) is 0 Å². The second kappa shape index (κ2) is 6.73. The van der Waals surface area contributed by atoms with E-state index in [1.54, 1.807) is 29.2 Å². The number of carbonyl (C=O) groups is 1. The predicted octanol–water partition coefficient (Wildman–Crippen LogP) is 2.10. The number of amides is 1. The number of carbonyl (C=O) groups excluding carboxylic acids is 1. The highest BCUT2D eigenvalue weighted by Crippen LogP contribution is 2.41. The highest BCUT2D eigenvalue weighted by Gasteiger charge is 2.32. The van der Waals surface area contributed by atoms with Gasteiger partial charge in [0.15, 0.2) is 5.65 Å². The van der Waals surface area contributed by atoms with Crippen LogP contribution < -0.4 is 20.3 Å². The van der Waals surface area contributed by atoms with Gasteiger partial charge in [-0.05, 0) is 26.0 Å². The quantitative estimate of drug-likeness (QED) is 0.710. The van der Waals surface area contributed by atoms with Crippen molar-refractivity contribution in [3.05, 3.63) is 47.9 Å². The van der Waals surface area contributed by atoms with Crippen LogP contribution in [0.1, 0.15) is 29.8 Å². The Morgan fingerprint density at radius 2 is 2.10 bits per heavy atom. The summed E-state index contributed by atoms with van der Waals surface area (Å²) in [7, 11) is 0. The lowest BCUT2D eigenvalue weighted by Crippen LogP contribution is -2.43. The number of rotatable bonds is 3. The molecule has 1 saturated heterocycles. The van der Waals surface area contributed by atoms with Gasteiger partial charge in [0.1, 0.15) is 16.9 Å². The van der Waals surface area contributed by atoms with Gasteiger partial charge in [-0.2, -0.15) is 5.10 Å². The molecule has 0 unspecified atom stereocenters. The zero-order valence-corrected chi connectivity index (χ0v) is 16.6. The molecule has 2 N–H and O–H groups in total. The van der Waals surface area contributed by atoms with Crippen LogP contribution in [0.3, 0.4) is 0 Å². The maximum atomic E-state index is 13.1. The Balaban J connectivity index is 1.52. The van der Waals surface area contributed by atoms with E-state index in [9.17, 15) is 4.79 Å². The van der Waals surface area contributed by atoms with Crippen LogP contribution in [0.5, 0.6) is 5.75 Å². The van der Waals surface area contributed by atoms with Crippen LogP contribution >= 0.6 is 0 Å². The van der Waals surface area contributed by atoms with Gasteiger partial charge in [0.05, 0.1) is 17.6 Å². The lowest BCUT2D eigenvalue weighted by atomic mass is 10.0. The molecule has 8 heteroatoms. The van der Waals surface area contributed by atoms with Crippen LogP contribution in [0.15, 0.2) is 36.8 Å². The zero-order valence-electron chi connectivity index (χ0n) is 16.6. The molecule has 0 saturated carbocycles. The first-order chi connectivity index (χ1) is 14.0. The van der Waals surface area contributed by atoms with Crippen molar-refractivity contribution in [3.63, 3.8) is 0 Å². The van der Waals surface area contributed by atoms with Gasteiger partial charge in [-0.1, -0.05) is 0 Å². The molecule has 8 nitrogen and oxygen atoms in total. The van der Waals surface area contributed by atoms with Gasteiger partial charge in [0, 0.05) is 56.6 Å². The van der Waals surface area contributed by atoms with Crippen molar-refractivity contribution in [1.29, 1.82) is 0 Å². The number of nitrogens with one attached hydrogen (secondary N) is 2. The van der Waals surface area contributed by atoms with Crippen LogP contribution in [0.2, 0.25) is 0 Å². The van der Waals surface area contributed by atoms with E-state index < -0.39 is 0 Å². The Morgan fingerprint density at radius 1 is 1.28 bits per heavy atom. The monoisotopic (exact) mass is 392 g/mol. The summed E-state index contributed by atoms with van der Waals surface area (Å²) in [6.07, 6.45) is 5.81. The van der Waals surface area contributed by atoms with Gasteiger partial charge < -0.3 is 20.3 Å². The zero-order chi connectivity index (χ0) is 20.0. The first-order valence-electron chi connectivity index (χ1n) is 9.91. The van der Waals surface area contributed by atoms with Crippen molar-refractivity contribution in [1.82, 2.24) is 19.9 Å². The molecule has 1 amide bonds. The standard InChI is InChI=1S/C21H24N6O2/c1-21(2)12-14-10-16(17(11-18(14)29-21)26-8-5-22-6-9-26)25-20(28)15-13-24-27-7-3-4-23-19(15)27/h3-4,7,10-11,13,22H,5-6,8-9,12H2,1-2H3,(H,25,28). The minimum absolute atomic E-state index is 0.215. The highest BCUT2D eigenvalue weighted by atomic mass is 16.5. The molecular weight excluding hydrogens is 368 g/mol. The third-order valence-corrected chi connectivity index (χ3v) is 5.41. The Bertz CT molecular complexity index is 1080. The second-order valence-corrected chi connectivity index (χ2v) is 8.15. The smallest absolute Gasteiger partial charge is 0.261 e. The minimum atomic E-state index is -0.238. The number of aromatic nitrogens is 3. The highest BCUT2D eigenvalue weighted by molar-refractivity contribution is 6.09. The Kier molecular flexibility index (Phi) is 4.16. The molecule has 0 bridgehead atoms. The van der Waals surface area contributed by atoms with E-state index >= 15 is 0 Å². The van der Waals surface area contributed by atoms with Gasteiger partial charge in [-0.3, -0.25) is 4.79 Å². The summed E-state index contributed by atoms with van der Waals surface area (Å²) >= 11 is 0. The maximum absolute atomic E-state index is 13.1. The van der Waals surface area contributed by atoms with Gasteiger partial charge in [0.25, 0.3) is 5.91 Å². The largest absolute Gasteiger partial charge is 0.487 e. The lowest BCUT2D eigenvalue weighted by Gasteiger charge is -2.31. The van der Waals surface area contributed by atoms with Crippen molar-refractivity contribution in [2.45, 2.75) is 25.9 Å². The summed E-state index contributed by atoms with van der Waals surface area (Å²) in [5, 5.41) is 10.7. The number of nitrogens with zero attached hydrogens (tertiary/aromatic N) is 4.